The molecule has 2 N–H and O–H groups in total. The molecule has 0 saturated carbocycles. The van der Waals surface area contributed by atoms with E-state index in [1.54, 1.807) is 30.6 Å². The lowest BCUT2D eigenvalue weighted by atomic mass is 10.3. The summed E-state index contributed by atoms with van der Waals surface area (Å²) >= 11 is 1.65. The first kappa shape index (κ1) is 10.8. The summed E-state index contributed by atoms with van der Waals surface area (Å²) in [5, 5.41) is 4.07. The van der Waals surface area contributed by atoms with E-state index < -0.39 is 0 Å². The van der Waals surface area contributed by atoms with E-state index in [4.69, 9.17) is 15.2 Å². The molecule has 0 saturated heterocycles. The van der Waals surface area contributed by atoms with E-state index in [9.17, 15) is 0 Å². The molecule has 0 aliphatic heterocycles. The van der Waals surface area contributed by atoms with Gasteiger partial charge in [-0.05, 0) is 34.5 Å². The zero-order chi connectivity index (χ0) is 11.4. The average Bonchev–Trinajstić information content (AvgIpc) is 2.81. The molecule has 4 heteroatoms. The van der Waals surface area contributed by atoms with Gasteiger partial charge in [-0.15, -0.1) is 0 Å². The number of hydrogen-bond donors (Lipinski definition) is 1. The Hall–Kier alpha value is -1.68. The SMILES string of the molecule is COc1ccc(N)c(OCc2ccsc2)c1. The molecule has 16 heavy (non-hydrogen) atoms. The van der Waals surface area contributed by atoms with Crippen LogP contribution in [-0.2, 0) is 6.61 Å². The Morgan fingerprint density at radius 1 is 1.31 bits per heavy atom. The minimum Gasteiger partial charge on any atom is -0.497 e. The number of ether oxygens (including phenoxy) is 2. The van der Waals surface area contributed by atoms with Crippen LogP contribution in [0, 0.1) is 0 Å². The van der Waals surface area contributed by atoms with Gasteiger partial charge in [0, 0.05) is 6.07 Å². The molecule has 0 bridgehead atoms. The molecule has 1 aromatic heterocycles. The summed E-state index contributed by atoms with van der Waals surface area (Å²) in [6.45, 7) is 0.529. The van der Waals surface area contributed by atoms with Crippen molar-refractivity contribution >= 4 is 17.0 Å². The maximum Gasteiger partial charge on any atom is 0.146 e. The Bertz CT molecular complexity index is 454. The highest BCUT2D eigenvalue weighted by Gasteiger charge is 2.03. The number of nitrogen functional groups attached to an aromatic ring is 1. The Morgan fingerprint density at radius 3 is 2.88 bits per heavy atom. The monoisotopic (exact) mass is 235 g/mol. The molecule has 0 radical (unpaired) electrons. The van der Waals surface area contributed by atoms with Gasteiger partial charge in [0.05, 0.1) is 12.8 Å². The van der Waals surface area contributed by atoms with Crippen molar-refractivity contribution in [2.24, 2.45) is 0 Å². The molecule has 0 aliphatic rings. The Balaban J connectivity index is 2.08. The van der Waals surface area contributed by atoms with Gasteiger partial charge in [0.15, 0.2) is 0 Å². The molecule has 0 amide bonds. The van der Waals surface area contributed by atoms with Gasteiger partial charge < -0.3 is 15.2 Å². The standard InChI is InChI=1S/C12H13NO2S/c1-14-10-2-3-11(13)12(6-10)15-7-9-4-5-16-8-9/h2-6,8H,7,13H2,1H3. The highest BCUT2D eigenvalue weighted by atomic mass is 32.1. The van der Waals surface area contributed by atoms with Crippen LogP contribution in [-0.4, -0.2) is 7.11 Å². The smallest absolute Gasteiger partial charge is 0.146 e. The Labute approximate surface area is 98.4 Å². The van der Waals surface area contributed by atoms with E-state index in [2.05, 4.69) is 5.38 Å². The fraction of sp³-hybridized carbons (Fsp3) is 0.167. The molecule has 1 aromatic carbocycles. The van der Waals surface area contributed by atoms with E-state index in [1.165, 1.54) is 0 Å². The van der Waals surface area contributed by atoms with Gasteiger partial charge in [-0.2, -0.15) is 11.3 Å². The predicted octanol–water partition coefficient (Wildman–Crippen LogP) is 2.92. The molecule has 0 atom stereocenters. The van der Waals surface area contributed by atoms with Crippen molar-refractivity contribution in [1.29, 1.82) is 0 Å². The summed E-state index contributed by atoms with van der Waals surface area (Å²) in [6, 6.07) is 7.41. The third kappa shape index (κ3) is 2.46. The van der Waals surface area contributed by atoms with E-state index >= 15 is 0 Å². The molecule has 1 heterocycles. The highest BCUT2D eigenvalue weighted by molar-refractivity contribution is 7.07. The van der Waals surface area contributed by atoms with Crippen LogP contribution in [0.2, 0.25) is 0 Å². The molecule has 0 aliphatic carbocycles. The van der Waals surface area contributed by atoms with E-state index in [1.807, 2.05) is 17.5 Å². The molecular weight excluding hydrogens is 222 g/mol. The van der Waals surface area contributed by atoms with Crippen molar-refractivity contribution in [1.82, 2.24) is 0 Å². The first-order chi connectivity index (χ1) is 7.79. The van der Waals surface area contributed by atoms with Gasteiger partial charge in [-0.1, -0.05) is 0 Å². The zero-order valence-electron chi connectivity index (χ0n) is 8.97. The largest absolute Gasteiger partial charge is 0.497 e. The summed E-state index contributed by atoms with van der Waals surface area (Å²) in [5.41, 5.74) is 7.57. The molecule has 2 rings (SSSR count). The number of methoxy groups -OCH3 is 1. The molecule has 2 aromatic rings. The Kier molecular flexibility index (Phi) is 3.31. The molecule has 84 valence electrons. The molecule has 3 nitrogen and oxygen atoms in total. The van der Waals surface area contributed by atoms with Crippen LogP contribution in [0.1, 0.15) is 5.56 Å². The van der Waals surface area contributed by atoms with Gasteiger partial charge in [-0.3, -0.25) is 0 Å². The van der Waals surface area contributed by atoms with Crippen LogP contribution in [0.5, 0.6) is 11.5 Å². The van der Waals surface area contributed by atoms with Crippen LogP contribution in [0.15, 0.2) is 35.0 Å². The fourth-order valence-corrected chi connectivity index (χ4v) is 1.96. The predicted molar refractivity (Wildman–Crippen MR) is 66.1 cm³/mol. The number of rotatable bonds is 4. The molecule has 0 unspecified atom stereocenters. The number of benzene rings is 1. The third-order valence-corrected chi connectivity index (χ3v) is 2.93. The lowest BCUT2D eigenvalue weighted by Gasteiger charge is -2.09. The third-order valence-electron chi connectivity index (χ3n) is 2.20. The van der Waals surface area contributed by atoms with E-state index in [0.29, 0.717) is 18.0 Å². The van der Waals surface area contributed by atoms with Crippen molar-refractivity contribution in [2.45, 2.75) is 6.61 Å². The maximum absolute atomic E-state index is 5.81. The van der Waals surface area contributed by atoms with Crippen LogP contribution < -0.4 is 15.2 Å². The summed E-state index contributed by atoms with van der Waals surface area (Å²) < 4.78 is 10.7. The van der Waals surface area contributed by atoms with Gasteiger partial charge in [0.2, 0.25) is 0 Å². The second-order valence-electron chi connectivity index (χ2n) is 3.32. The molecule has 0 spiro atoms. The van der Waals surface area contributed by atoms with E-state index in [0.717, 1.165) is 11.3 Å². The Morgan fingerprint density at radius 2 is 2.19 bits per heavy atom. The fourth-order valence-electron chi connectivity index (χ4n) is 1.30. The number of hydrogen-bond acceptors (Lipinski definition) is 4. The van der Waals surface area contributed by atoms with Crippen LogP contribution >= 0.6 is 11.3 Å². The number of anilines is 1. The minimum absolute atomic E-state index is 0.529. The second kappa shape index (κ2) is 4.90. The van der Waals surface area contributed by atoms with Crippen molar-refractivity contribution in [2.75, 3.05) is 12.8 Å². The van der Waals surface area contributed by atoms with E-state index in [-0.39, 0.29) is 0 Å². The van der Waals surface area contributed by atoms with Crippen LogP contribution in [0.4, 0.5) is 5.69 Å². The van der Waals surface area contributed by atoms with Gasteiger partial charge >= 0.3 is 0 Å². The van der Waals surface area contributed by atoms with Crippen molar-refractivity contribution in [3.63, 3.8) is 0 Å². The lowest BCUT2D eigenvalue weighted by Crippen LogP contribution is -1.98. The summed E-state index contributed by atoms with van der Waals surface area (Å²) in [5.74, 6) is 1.40. The first-order valence-corrected chi connectivity index (χ1v) is 5.81. The van der Waals surface area contributed by atoms with Gasteiger partial charge in [0.25, 0.3) is 0 Å². The minimum atomic E-state index is 0.529. The quantitative estimate of drug-likeness (QED) is 0.829. The topological polar surface area (TPSA) is 44.5 Å². The van der Waals surface area contributed by atoms with Crippen LogP contribution in [0.3, 0.4) is 0 Å². The van der Waals surface area contributed by atoms with Crippen molar-refractivity contribution in [3.8, 4) is 11.5 Å². The highest BCUT2D eigenvalue weighted by Crippen LogP contribution is 2.27. The molecular formula is C12H13NO2S. The van der Waals surface area contributed by atoms with Gasteiger partial charge in [-0.25, -0.2) is 0 Å². The van der Waals surface area contributed by atoms with Gasteiger partial charge in [0.1, 0.15) is 18.1 Å². The second-order valence-corrected chi connectivity index (χ2v) is 4.10. The summed E-state index contributed by atoms with van der Waals surface area (Å²) in [6.07, 6.45) is 0. The molecule has 0 fully saturated rings. The van der Waals surface area contributed by atoms with Crippen molar-refractivity contribution < 1.29 is 9.47 Å². The number of thiophene rings is 1. The normalized spacial score (nSPS) is 10.1. The average molecular weight is 235 g/mol. The van der Waals surface area contributed by atoms with Crippen LogP contribution in [0.25, 0.3) is 0 Å². The summed E-state index contributed by atoms with van der Waals surface area (Å²) in [4.78, 5) is 0. The number of nitrogens with two attached hydrogens (primary N) is 1. The van der Waals surface area contributed by atoms with Crippen molar-refractivity contribution in [3.05, 3.63) is 40.6 Å². The summed E-state index contributed by atoms with van der Waals surface area (Å²) in [7, 11) is 1.62. The first-order valence-electron chi connectivity index (χ1n) is 4.87. The maximum atomic E-state index is 5.81. The lowest BCUT2D eigenvalue weighted by molar-refractivity contribution is 0.306. The zero-order valence-corrected chi connectivity index (χ0v) is 9.79.